The molecule has 0 unspecified atom stereocenters. The number of carbonyl (C=O) groups is 1. The summed E-state index contributed by atoms with van der Waals surface area (Å²) in [6, 6.07) is 9.85. The van der Waals surface area contributed by atoms with E-state index >= 15 is 0 Å². The second kappa shape index (κ2) is 5.92. The first kappa shape index (κ1) is 15.6. The van der Waals surface area contributed by atoms with Gasteiger partial charge in [-0.15, -0.1) is 13.2 Å². The fourth-order valence-electron chi connectivity index (χ4n) is 1.72. The molecular weight excluding hydrogens is 400 g/mol. The zero-order chi connectivity index (χ0) is 15.6. The fraction of sp³-hybridized carbons (Fsp3) is 0.0714. The van der Waals surface area contributed by atoms with E-state index in [1.807, 2.05) is 22.6 Å². The number of aromatic carboxylic acids is 1. The number of hydrogen-bond donors (Lipinski definition) is 1. The maximum Gasteiger partial charge on any atom is 0.573 e. The molecule has 0 atom stereocenters. The SMILES string of the molecule is O=C(O)c1ccc(I)c(-c2ccc(OC(F)(F)F)cc2)c1. The van der Waals surface area contributed by atoms with E-state index in [9.17, 15) is 18.0 Å². The minimum absolute atomic E-state index is 0.112. The van der Waals surface area contributed by atoms with Crippen molar-refractivity contribution in [1.29, 1.82) is 0 Å². The zero-order valence-corrected chi connectivity index (χ0v) is 12.5. The Morgan fingerprint density at radius 3 is 2.24 bits per heavy atom. The Hall–Kier alpha value is -1.77. The average molecular weight is 408 g/mol. The topological polar surface area (TPSA) is 46.5 Å². The van der Waals surface area contributed by atoms with Crippen LogP contribution in [0.15, 0.2) is 42.5 Å². The van der Waals surface area contributed by atoms with E-state index in [-0.39, 0.29) is 11.3 Å². The third-order valence-corrected chi connectivity index (χ3v) is 3.55. The summed E-state index contributed by atoms with van der Waals surface area (Å²) in [6.07, 6.45) is -4.74. The molecule has 0 radical (unpaired) electrons. The van der Waals surface area contributed by atoms with Gasteiger partial charge >= 0.3 is 12.3 Å². The van der Waals surface area contributed by atoms with E-state index < -0.39 is 12.3 Å². The number of rotatable bonds is 3. The molecule has 0 saturated carbocycles. The van der Waals surface area contributed by atoms with Gasteiger partial charge in [-0.3, -0.25) is 0 Å². The first-order chi connectivity index (χ1) is 9.76. The average Bonchev–Trinajstić information content (AvgIpc) is 2.38. The van der Waals surface area contributed by atoms with Gasteiger partial charge in [-0.05, 0) is 64.0 Å². The highest BCUT2D eigenvalue weighted by Gasteiger charge is 2.30. The van der Waals surface area contributed by atoms with Gasteiger partial charge in [0.25, 0.3) is 0 Å². The Morgan fingerprint density at radius 1 is 1.10 bits per heavy atom. The second-order valence-corrected chi connectivity index (χ2v) is 5.23. The number of carboxylic acid groups (broad SMARTS) is 1. The summed E-state index contributed by atoms with van der Waals surface area (Å²) in [7, 11) is 0. The molecular formula is C14H8F3IO3. The van der Waals surface area contributed by atoms with Gasteiger partial charge in [0, 0.05) is 3.57 Å². The maximum absolute atomic E-state index is 12.1. The molecule has 21 heavy (non-hydrogen) atoms. The van der Waals surface area contributed by atoms with Crippen molar-refractivity contribution in [3.8, 4) is 16.9 Å². The maximum atomic E-state index is 12.1. The van der Waals surface area contributed by atoms with Crippen molar-refractivity contribution in [1.82, 2.24) is 0 Å². The summed E-state index contributed by atoms with van der Waals surface area (Å²) < 4.78 is 40.8. The van der Waals surface area contributed by atoms with Crippen molar-refractivity contribution in [2.45, 2.75) is 6.36 Å². The number of ether oxygens (including phenoxy) is 1. The molecule has 0 aromatic heterocycles. The summed E-state index contributed by atoms with van der Waals surface area (Å²) in [5.41, 5.74) is 1.35. The predicted molar refractivity (Wildman–Crippen MR) is 78.2 cm³/mol. The smallest absolute Gasteiger partial charge is 0.478 e. The van der Waals surface area contributed by atoms with E-state index in [0.29, 0.717) is 11.1 Å². The predicted octanol–water partition coefficient (Wildman–Crippen LogP) is 4.56. The van der Waals surface area contributed by atoms with Gasteiger partial charge in [0.2, 0.25) is 0 Å². The normalized spacial score (nSPS) is 11.2. The van der Waals surface area contributed by atoms with Crippen molar-refractivity contribution in [2.75, 3.05) is 0 Å². The van der Waals surface area contributed by atoms with Gasteiger partial charge in [0.1, 0.15) is 5.75 Å². The molecule has 0 saturated heterocycles. The van der Waals surface area contributed by atoms with E-state index in [4.69, 9.17) is 5.11 Å². The van der Waals surface area contributed by atoms with Crippen molar-refractivity contribution >= 4 is 28.6 Å². The molecule has 110 valence electrons. The largest absolute Gasteiger partial charge is 0.573 e. The van der Waals surface area contributed by atoms with Crippen LogP contribution in [-0.2, 0) is 0 Å². The van der Waals surface area contributed by atoms with E-state index in [1.165, 1.54) is 36.4 Å². The summed E-state index contributed by atoms with van der Waals surface area (Å²) in [5.74, 6) is -1.39. The van der Waals surface area contributed by atoms with Gasteiger partial charge in [-0.1, -0.05) is 12.1 Å². The van der Waals surface area contributed by atoms with Gasteiger partial charge in [0.15, 0.2) is 0 Å². The number of halogens is 4. The summed E-state index contributed by atoms with van der Waals surface area (Å²) in [4.78, 5) is 11.0. The molecule has 0 aliphatic rings. The number of alkyl halides is 3. The third-order valence-electron chi connectivity index (χ3n) is 2.61. The van der Waals surface area contributed by atoms with Crippen LogP contribution in [0, 0.1) is 3.57 Å². The molecule has 2 aromatic carbocycles. The zero-order valence-electron chi connectivity index (χ0n) is 10.3. The standard InChI is InChI=1S/C14H8F3IO3/c15-14(16,17)21-10-4-1-8(2-5-10)11-7-9(13(19)20)3-6-12(11)18/h1-7H,(H,19,20). The Labute approximate surface area is 131 Å². The lowest BCUT2D eigenvalue weighted by Gasteiger charge is -2.10. The van der Waals surface area contributed by atoms with Gasteiger partial charge < -0.3 is 9.84 Å². The highest BCUT2D eigenvalue weighted by atomic mass is 127. The molecule has 0 spiro atoms. The van der Waals surface area contributed by atoms with E-state index in [2.05, 4.69) is 4.74 Å². The lowest BCUT2D eigenvalue weighted by molar-refractivity contribution is -0.274. The summed E-state index contributed by atoms with van der Waals surface area (Å²) in [6.45, 7) is 0. The third kappa shape index (κ3) is 4.10. The molecule has 0 heterocycles. The number of benzene rings is 2. The van der Waals surface area contributed by atoms with Gasteiger partial charge in [-0.2, -0.15) is 0 Å². The Kier molecular flexibility index (Phi) is 4.40. The minimum atomic E-state index is -4.74. The number of hydrogen-bond acceptors (Lipinski definition) is 2. The van der Waals surface area contributed by atoms with Gasteiger partial charge in [0.05, 0.1) is 5.56 Å². The van der Waals surface area contributed by atoms with Crippen LogP contribution in [0.3, 0.4) is 0 Å². The van der Waals surface area contributed by atoms with Crippen LogP contribution in [0.25, 0.3) is 11.1 Å². The molecule has 0 amide bonds. The molecule has 0 bridgehead atoms. The van der Waals surface area contributed by atoms with Crippen LogP contribution < -0.4 is 4.74 Å². The van der Waals surface area contributed by atoms with Crippen LogP contribution in [0.5, 0.6) is 5.75 Å². The second-order valence-electron chi connectivity index (χ2n) is 4.07. The van der Waals surface area contributed by atoms with Crippen LogP contribution in [-0.4, -0.2) is 17.4 Å². The molecule has 2 rings (SSSR count). The van der Waals surface area contributed by atoms with Crippen molar-refractivity contribution in [3.63, 3.8) is 0 Å². The quantitative estimate of drug-likeness (QED) is 0.758. The van der Waals surface area contributed by atoms with Crippen LogP contribution in [0.2, 0.25) is 0 Å². The van der Waals surface area contributed by atoms with Crippen LogP contribution in [0.1, 0.15) is 10.4 Å². The molecule has 2 aromatic rings. The summed E-state index contributed by atoms with van der Waals surface area (Å²) >= 11 is 2.03. The lowest BCUT2D eigenvalue weighted by Crippen LogP contribution is -2.16. The van der Waals surface area contributed by atoms with E-state index in [1.54, 1.807) is 6.07 Å². The minimum Gasteiger partial charge on any atom is -0.478 e. The fourth-order valence-corrected chi connectivity index (χ4v) is 2.36. The molecule has 0 aliphatic carbocycles. The number of carboxylic acids is 1. The molecule has 1 N–H and O–H groups in total. The Morgan fingerprint density at radius 2 is 1.71 bits per heavy atom. The lowest BCUT2D eigenvalue weighted by atomic mass is 10.0. The van der Waals surface area contributed by atoms with Crippen LogP contribution in [0.4, 0.5) is 13.2 Å². The highest BCUT2D eigenvalue weighted by molar-refractivity contribution is 14.1. The molecule has 0 aliphatic heterocycles. The first-order valence-corrected chi connectivity index (χ1v) is 6.73. The summed E-state index contributed by atoms with van der Waals surface area (Å²) in [5, 5.41) is 8.97. The molecule has 0 fully saturated rings. The van der Waals surface area contributed by atoms with Crippen LogP contribution >= 0.6 is 22.6 Å². The van der Waals surface area contributed by atoms with Crippen molar-refractivity contribution < 1.29 is 27.8 Å². The van der Waals surface area contributed by atoms with Crippen molar-refractivity contribution in [3.05, 3.63) is 51.6 Å². The molecule has 3 nitrogen and oxygen atoms in total. The first-order valence-electron chi connectivity index (χ1n) is 5.65. The monoisotopic (exact) mass is 408 g/mol. The Balaban J connectivity index is 2.34. The molecule has 7 heteroatoms. The van der Waals surface area contributed by atoms with E-state index in [0.717, 1.165) is 3.57 Å². The highest BCUT2D eigenvalue weighted by Crippen LogP contribution is 2.29. The Bertz CT molecular complexity index is 666. The van der Waals surface area contributed by atoms with Crippen molar-refractivity contribution in [2.24, 2.45) is 0 Å². The van der Waals surface area contributed by atoms with Gasteiger partial charge in [-0.25, -0.2) is 4.79 Å².